The van der Waals surface area contributed by atoms with Gasteiger partial charge >= 0.3 is 0 Å². The minimum absolute atomic E-state index is 0.174. The summed E-state index contributed by atoms with van der Waals surface area (Å²) in [5.41, 5.74) is 1.33. The third-order valence-electron chi connectivity index (χ3n) is 3.14. The van der Waals surface area contributed by atoms with Gasteiger partial charge in [-0.25, -0.2) is 4.39 Å². The van der Waals surface area contributed by atoms with Crippen molar-refractivity contribution in [1.29, 1.82) is 0 Å². The molecule has 106 valence electrons. The van der Waals surface area contributed by atoms with Crippen LogP contribution in [0.15, 0.2) is 36.4 Å². The van der Waals surface area contributed by atoms with E-state index in [1.807, 2.05) is 0 Å². The molecule has 0 heterocycles. The summed E-state index contributed by atoms with van der Waals surface area (Å²) in [6, 6.07) is 9.79. The van der Waals surface area contributed by atoms with Crippen molar-refractivity contribution in [3.8, 4) is 0 Å². The molecule has 0 bridgehead atoms. The van der Waals surface area contributed by atoms with Gasteiger partial charge in [-0.2, -0.15) is 0 Å². The highest BCUT2D eigenvalue weighted by atomic mass is 35.5. The van der Waals surface area contributed by atoms with Crippen molar-refractivity contribution in [1.82, 2.24) is 5.32 Å². The van der Waals surface area contributed by atoms with Gasteiger partial charge in [0.15, 0.2) is 0 Å². The summed E-state index contributed by atoms with van der Waals surface area (Å²) in [5, 5.41) is 4.62. The first-order valence-corrected chi connectivity index (χ1v) is 7.21. The maximum absolute atomic E-state index is 13.9. The lowest BCUT2D eigenvalue weighted by Gasteiger charge is -2.20. The molecule has 0 radical (unpaired) electrons. The Morgan fingerprint density at radius 2 is 1.75 bits per heavy atom. The van der Waals surface area contributed by atoms with Gasteiger partial charge in [0.25, 0.3) is 0 Å². The predicted molar refractivity (Wildman–Crippen MR) is 83.4 cm³/mol. The third-order valence-corrected chi connectivity index (χ3v) is 4.03. The first-order chi connectivity index (χ1) is 9.52. The average molecular weight is 333 g/mol. The molecule has 1 atom stereocenters. The van der Waals surface area contributed by atoms with Crippen molar-refractivity contribution in [2.75, 3.05) is 7.05 Å². The van der Waals surface area contributed by atoms with Gasteiger partial charge in [0.2, 0.25) is 0 Å². The molecule has 20 heavy (non-hydrogen) atoms. The monoisotopic (exact) mass is 331 g/mol. The van der Waals surface area contributed by atoms with Crippen molar-refractivity contribution in [3.63, 3.8) is 0 Å². The number of hydrogen-bond acceptors (Lipinski definition) is 1. The maximum atomic E-state index is 13.9. The summed E-state index contributed by atoms with van der Waals surface area (Å²) in [6.45, 7) is 0. The fourth-order valence-electron chi connectivity index (χ4n) is 2.10. The van der Waals surface area contributed by atoms with Gasteiger partial charge in [-0.1, -0.05) is 46.9 Å². The highest BCUT2D eigenvalue weighted by Gasteiger charge is 2.18. The molecule has 1 nitrogen and oxygen atoms in total. The first-order valence-electron chi connectivity index (χ1n) is 6.08. The van der Waals surface area contributed by atoms with E-state index in [1.165, 1.54) is 6.07 Å². The van der Waals surface area contributed by atoms with Gasteiger partial charge in [-0.05, 0) is 43.3 Å². The zero-order chi connectivity index (χ0) is 14.7. The largest absolute Gasteiger partial charge is 0.313 e. The minimum atomic E-state index is -0.332. The molecule has 1 N–H and O–H groups in total. The van der Waals surface area contributed by atoms with Crippen LogP contribution in [0.4, 0.5) is 4.39 Å². The SMILES string of the molecule is CNC(Cc1ccc(Cl)cc1F)c1c(Cl)cccc1Cl. The van der Waals surface area contributed by atoms with Crippen LogP contribution in [-0.2, 0) is 6.42 Å². The van der Waals surface area contributed by atoms with Crippen molar-refractivity contribution >= 4 is 34.8 Å². The molecule has 0 spiro atoms. The van der Waals surface area contributed by atoms with Crippen molar-refractivity contribution in [2.24, 2.45) is 0 Å². The van der Waals surface area contributed by atoms with Crippen LogP contribution >= 0.6 is 34.8 Å². The third kappa shape index (κ3) is 3.44. The topological polar surface area (TPSA) is 12.0 Å². The standard InChI is InChI=1S/C15H13Cl3FN/c1-20-14(15-11(17)3-2-4-12(15)18)7-9-5-6-10(16)8-13(9)19/h2-6,8,14,20H,7H2,1H3. The molecule has 0 aliphatic heterocycles. The lowest BCUT2D eigenvalue weighted by atomic mass is 9.98. The van der Waals surface area contributed by atoms with Gasteiger partial charge in [-0.15, -0.1) is 0 Å². The number of hydrogen-bond donors (Lipinski definition) is 1. The van der Waals surface area contributed by atoms with Crippen LogP contribution < -0.4 is 5.32 Å². The van der Waals surface area contributed by atoms with Crippen molar-refractivity contribution in [2.45, 2.75) is 12.5 Å². The van der Waals surface area contributed by atoms with Crippen LogP contribution in [0.2, 0.25) is 15.1 Å². The Morgan fingerprint density at radius 3 is 2.30 bits per heavy atom. The molecular weight excluding hydrogens is 320 g/mol. The van der Waals surface area contributed by atoms with Crippen LogP contribution in [0.5, 0.6) is 0 Å². The molecule has 0 aliphatic carbocycles. The maximum Gasteiger partial charge on any atom is 0.127 e. The van der Waals surface area contributed by atoms with Crippen molar-refractivity contribution < 1.29 is 4.39 Å². The second-order valence-corrected chi connectivity index (χ2v) is 5.67. The number of likely N-dealkylation sites (N-methyl/N-ethyl adjacent to an activating group) is 1. The molecule has 0 saturated carbocycles. The Bertz CT molecular complexity index is 596. The van der Waals surface area contributed by atoms with E-state index in [1.54, 1.807) is 37.4 Å². The van der Waals surface area contributed by atoms with Crippen LogP contribution in [0.3, 0.4) is 0 Å². The Balaban J connectivity index is 2.34. The van der Waals surface area contributed by atoms with Crippen LogP contribution in [-0.4, -0.2) is 7.05 Å². The molecule has 0 saturated heterocycles. The number of halogens is 4. The number of rotatable bonds is 4. The predicted octanol–water partition coefficient (Wildman–Crippen LogP) is 5.29. The lowest BCUT2D eigenvalue weighted by molar-refractivity contribution is 0.554. The minimum Gasteiger partial charge on any atom is -0.313 e. The highest BCUT2D eigenvalue weighted by molar-refractivity contribution is 6.36. The zero-order valence-corrected chi connectivity index (χ0v) is 13.0. The second-order valence-electron chi connectivity index (χ2n) is 4.42. The van der Waals surface area contributed by atoms with Crippen LogP contribution in [0.25, 0.3) is 0 Å². The van der Waals surface area contributed by atoms with Crippen LogP contribution in [0.1, 0.15) is 17.2 Å². The van der Waals surface area contributed by atoms with E-state index in [0.29, 0.717) is 27.1 Å². The van der Waals surface area contributed by atoms with Gasteiger partial charge in [0.1, 0.15) is 5.82 Å². The lowest BCUT2D eigenvalue weighted by Crippen LogP contribution is -2.20. The zero-order valence-electron chi connectivity index (χ0n) is 10.8. The Morgan fingerprint density at radius 1 is 1.10 bits per heavy atom. The molecule has 5 heteroatoms. The van der Waals surface area contributed by atoms with E-state index < -0.39 is 0 Å². The van der Waals surface area contributed by atoms with E-state index in [-0.39, 0.29) is 11.9 Å². The van der Waals surface area contributed by atoms with E-state index in [0.717, 1.165) is 5.56 Å². The van der Waals surface area contributed by atoms with Gasteiger partial charge < -0.3 is 5.32 Å². The molecule has 2 aromatic carbocycles. The first kappa shape index (κ1) is 15.6. The molecule has 0 fully saturated rings. The molecule has 0 aliphatic rings. The number of benzene rings is 2. The molecule has 1 unspecified atom stereocenters. The summed E-state index contributed by atoms with van der Waals surface area (Å²) in [7, 11) is 1.79. The van der Waals surface area contributed by atoms with E-state index >= 15 is 0 Å². The fraction of sp³-hybridized carbons (Fsp3) is 0.200. The smallest absolute Gasteiger partial charge is 0.127 e. The second kappa shape index (κ2) is 6.77. The fourth-order valence-corrected chi connectivity index (χ4v) is 2.92. The highest BCUT2D eigenvalue weighted by Crippen LogP contribution is 2.32. The van der Waals surface area contributed by atoms with Gasteiger partial charge in [0, 0.05) is 26.7 Å². The molecule has 2 rings (SSSR count). The number of nitrogens with one attached hydrogen (secondary N) is 1. The van der Waals surface area contributed by atoms with E-state index in [9.17, 15) is 4.39 Å². The average Bonchev–Trinajstić information content (AvgIpc) is 2.39. The van der Waals surface area contributed by atoms with Gasteiger partial charge in [0.05, 0.1) is 0 Å². The Labute approximate surface area is 132 Å². The molecular formula is C15H13Cl3FN. The summed E-state index contributed by atoms with van der Waals surface area (Å²) < 4.78 is 13.9. The summed E-state index contributed by atoms with van der Waals surface area (Å²) >= 11 is 18.1. The summed E-state index contributed by atoms with van der Waals surface area (Å²) in [6.07, 6.45) is 0.433. The van der Waals surface area contributed by atoms with Crippen LogP contribution in [0, 0.1) is 5.82 Å². The Hall–Kier alpha value is -0.800. The quantitative estimate of drug-likeness (QED) is 0.802. The molecule has 2 aromatic rings. The van der Waals surface area contributed by atoms with Crippen molar-refractivity contribution in [3.05, 3.63) is 68.4 Å². The summed E-state index contributed by atoms with van der Waals surface area (Å²) in [4.78, 5) is 0. The van der Waals surface area contributed by atoms with Gasteiger partial charge in [-0.3, -0.25) is 0 Å². The normalized spacial score (nSPS) is 12.4. The molecule has 0 amide bonds. The Kier molecular flexibility index (Phi) is 5.28. The summed E-state index contributed by atoms with van der Waals surface area (Å²) in [5.74, 6) is -0.332. The van der Waals surface area contributed by atoms with E-state index in [2.05, 4.69) is 5.32 Å². The molecule has 0 aromatic heterocycles. The van der Waals surface area contributed by atoms with E-state index in [4.69, 9.17) is 34.8 Å².